The molecule has 1 aromatic carbocycles. The molecule has 0 amide bonds. The molecule has 0 aliphatic rings. The van der Waals surface area contributed by atoms with Gasteiger partial charge in [0.15, 0.2) is 0 Å². The number of benzene rings is 1. The maximum Gasteiger partial charge on any atom is 0.142 e. The number of aliphatic hydroxyl groups excluding tert-OH is 1. The summed E-state index contributed by atoms with van der Waals surface area (Å²) in [4.78, 5) is 2.19. The molecule has 102 valence electrons. The maximum atomic E-state index is 9.18. The topological polar surface area (TPSA) is 32.7 Å². The fourth-order valence-electron chi connectivity index (χ4n) is 2.25. The van der Waals surface area contributed by atoms with Crippen molar-refractivity contribution in [1.29, 1.82) is 0 Å². The van der Waals surface area contributed by atoms with Crippen molar-refractivity contribution in [3.63, 3.8) is 0 Å². The van der Waals surface area contributed by atoms with E-state index in [4.69, 9.17) is 4.74 Å². The molecule has 1 rings (SSSR count). The average molecular weight is 251 g/mol. The van der Waals surface area contributed by atoms with Gasteiger partial charge in [-0.05, 0) is 51.3 Å². The van der Waals surface area contributed by atoms with Crippen LogP contribution < -0.4 is 9.64 Å². The van der Waals surface area contributed by atoms with Crippen LogP contribution in [0.3, 0.4) is 0 Å². The number of aliphatic hydroxyl groups is 1. The van der Waals surface area contributed by atoms with Crippen LogP contribution >= 0.6 is 0 Å². The molecule has 18 heavy (non-hydrogen) atoms. The molecule has 3 heteroatoms. The number of hydrogen-bond donors (Lipinski definition) is 1. The standard InChI is InChI=1S/C15H25NO2/c1-11-9-12(2)14(13(10-11)18-6)16(5)15(3,4)7-8-17/h9-10,17H,7-8H2,1-6H3. The summed E-state index contributed by atoms with van der Waals surface area (Å²) < 4.78 is 5.50. The summed E-state index contributed by atoms with van der Waals surface area (Å²) in [6.45, 7) is 8.60. The molecule has 0 aliphatic carbocycles. The van der Waals surface area contributed by atoms with Gasteiger partial charge in [0, 0.05) is 19.2 Å². The molecule has 0 bridgehead atoms. The van der Waals surface area contributed by atoms with Crippen LogP contribution in [-0.2, 0) is 0 Å². The van der Waals surface area contributed by atoms with E-state index in [9.17, 15) is 5.11 Å². The van der Waals surface area contributed by atoms with Crippen molar-refractivity contribution in [2.45, 2.75) is 39.7 Å². The van der Waals surface area contributed by atoms with Crippen molar-refractivity contribution in [2.75, 3.05) is 25.7 Å². The highest BCUT2D eigenvalue weighted by molar-refractivity contribution is 5.65. The van der Waals surface area contributed by atoms with E-state index < -0.39 is 0 Å². The third-order valence-corrected chi connectivity index (χ3v) is 3.60. The Morgan fingerprint density at radius 3 is 2.39 bits per heavy atom. The Labute approximate surface area is 110 Å². The van der Waals surface area contributed by atoms with Gasteiger partial charge < -0.3 is 14.7 Å². The second-order valence-corrected chi connectivity index (χ2v) is 5.48. The Morgan fingerprint density at radius 2 is 1.89 bits per heavy atom. The first kappa shape index (κ1) is 14.8. The lowest BCUT2D eigenvalue weighted by molar-refractivity contribution is 0.249. The van der Waals surface area contributed by atoms with Crippen LogP contribution in [0.2, 0.25) is 0 Å². The van der Waals surface area contributed by atoms with Crippen LogP contribution in [0.1, 0.15) is 31.4 Å². The zero-order valence-electron chi connectivity index (χ0n) is 12.4. The molecular weight excluding hydrogens is 226 g/mol. The Morgan fingerprint density at radius 1 is 1.28 bits per heavy atom. The van der Waals surface area contributed by atoms with Crippen LogP contribution in [0.25, 0.3) is 0 Å². The Bertz CT molecular complexity index is 413. The highest BCUT2D eigenvalue weighted by atomic mass is 16.5. The SMILES string of the molecule is COc1cc(C)cc(C)c1N(C)C(C)(C)CCO. The van der Waals surface area contributed by atoms with E-state index >= 15 is 0 Å². The molecule has 0 heterocycles. The van der Waals surface area contributed by atoms with Gasteiger partial charge in [-0.25, -0.2) is 0 Å². The summed E-state index contributed by atoms with van der Waals surface area (Å²) in [5.41, 5.74) is 3.38. The van der Waals surface area contributed by atoms with Crippen molar-refractivity contribution in [2.24, 2.45) is 0 Å². The van der Waals surface area contributed by atoms with Gasteiger partial charge in [0.05, 0.1) is 12.8 Å². The summed E-state index contributed by atoms with van der Waals surface area (Å²) in [6.07, 6.45) is 0.722. The Balaban J connectivity index is 3.23. The lowest BCUT2D eigenvalue weighted by atomic mass is 9.96. The fourth-order valence-corrected chi connectivity index (χ4v) is 2.25. The Kier molecular flexibility index (Phi) is 4.63. The van der Waals surface area contributed by atoms with E-state index in [0.29, 0.717) is 0 Å². The zero-order chi connectivity index (χ0) is 13.9. The predicted molar refractivity (Wildman–Crippen MR) is 76.7 cm³/mol. The number of anilines is 1. The molecule has 0 fully saturated rings. The second-order valence-electron chi connectivity index (χ2n) is 5.48. The number of nitrogens with zero attached hydrogens (tertiary/aromatic N) is 1. The van der Waals surface area contributed by atoms with Crippen molar-refractivity contribution < 1.29 is 9.84 Å². The molecule has 1 N–H and O–H groups in total. The molecule has 1 aromatic rings. The summed E-state index contributed by atoms with van der Waals surface area (Å²) in [6, 6.07) is 4.21. The average Bonchev–Trinajstić information content (AvgIpc) is 2.27. The predicted octanol–water partition coefficient (Wildman–Crippen LogP) is 2.91. The van der Waals surface area contributed by atoms with Gasteiger partial charge in [0.1, 0.15) is 5.75 Å². The first-order valence-electron chi connectivity index (χ1n) is 6.33. The lowest BCUT2D eigenvalue weighted by Gasteiger charge is -2.39. The molecule has 0 saturated heterocycles. The summed E-state index contributed by atoms with van der Waals surface area (Å²) >= 11 is 0. The quantitative estimate of drug-likeness (QED) is 0.873. The van der Waals surface area contributed by atoms with E-state index in [2.05, 4.69) is 45.7 Å². The normalized spacial score (nSPS) is 11.5. The van der Waals surface area contributed by atoms with Gasteiger partial charge in [0.25, 0.3) is 0 Å². The summed E-state index contributed by atoms with van der Waals surface area (Å²) in [5, 5.41) is 9.18. The number of hydrogen-bond acceptors (Lipinski definition) is 3. The zero-order valence-corrected chi connectivity index (χ0v) is 12.4. The molecule has 0 aromatic heterocycles. The fraction of sp³-hybridized carbons (Fsp3) is 0.600. The van der Waals surface area contributed by atoms with E-state index in [1.807, 2.05) is 6.07 Å². The summed E-state index contributed by atoms with van der Waals surface area (Å²) in [5.74, 6) is 0.890. The molecule has 0 spiro atoms. The minimum atomic E-state index is -0.109. The minimum Gasteiger partial charge on any atom is -0.495 e. The van der Waals surface area contributed by atoms with E-state index in [1.165, 1.54) is 11.1 Å². The van der Waals surface area contributed by atoms with Crippen LogP contribution in [0.15, 0.2) is 12.1 Å². The monoisotopic (exact) mass is 251 g/mol. The molecule has 0 radical (unpaired) electrons. The van der Waals surface area contributed by atoms with Crippen LogP contribution in [-0.4, -0.2) is 31.4 Å². The molecule has 0 aliphatic heterocycles. The Hall–Kier alpha value is -1.22. The molecule has 3 nitrogen and oxygen atoms in total. The summed E-state index contributed by atoms with van der Waals surface area (Å²) in [7, 11) is 3.75. The molecular formula is C15H25NO2. The highest BCUT2D eigenvalue weighted by Gasteiger charge is 2.26. The smallest absolute Gasteiger partial charge is 0.142 e. The van der Waals surface area contributed by atoms with Crippen LogP contribution in [0.5, 0.6) is 5.75 Å². The minimum absolute atomic E-state index is 0.109. The second kappa shape index (κ2) is 5.61. The van der Waals surface area contributed by atoms with Gasteiger partial charge in [-0.3, -0.25) is 0 Å². The first-order valence-corrected chi connectivity index (χ1v) is 6.33. The number of ether oxygens (including phenoxy) is 1. The van der Waals surface area contributed by atoms with Crippen LogP contribution in [0.4, 0.5) is 5.69 Å². The number of rotatable bonds is 5. The highest BCUT2D eigenvalue weighted by Crippen LogP contribution is 2.36. The molecule has 0 unspecified atom stereocenters. The largest absolute Gasteiger partial charge is 0.495 e. The van der Waals surface area contributed by atoms with Gasteiger partial charge in [-0.15, -0.1) is 0 Å². The lowest BCUT2D eigenvalue weighted by Crippen LogP contribution is -2.42. The third kappa shape index (κ3) is 2.96. The van der Waals surface area contributed by atoms with Crippen molar-refractivity contribution in [1.82, 2.24) is 0 Å². The van der Waals surface area contributed by atoms with E-state index in [0.717, 1.165) is 17.9 Å². The number of aryl methyl sites for hydroxylation is 2. The third-order valence-electron chi connectivity index (χ3n) is 3.60. The first-order chi connectivity index (χ1) is 8.33. The van der Waals surface area contributed by atoms with Gasteiger partial charge in [0.2, 0.25) is 0 Å². The maximum absolute atomic E-state index is 9.18. The van der Waals surface area contributed by atoms with Crippen molar-refractivity contribution in [3.05, 3.63) is 23.3 Å². The van der Waals surface area contributed by atoms with Gasteiger partial charge >= 0.3 is 0 Å². The van der Waals surface area contributed by atoms with Crippen molar-refractivity contribution in [3.8, 4) is 5.75 Å². The number of methoxy groups -OCH3 is 1. The van der Waals surface area contributed by atoms with Crippen LogP contribution in [0, 0.1) is 13.8 Å². The van der Waals surface area contributed by atoms with E-state index in [-0.39, 0.29) is 12.1 Å². The van der Waals surface area contributed by atoms with E-state index in [1.54, 1.807) is 7.11 Å². The molecule has 0 saturated carbocycles. The van der Waals surface area contributed by atoms with Gasteiger partial charge in [-0.1, -0.05) is 6.07 Å². The molecule has 0 atom stereocenters. The van der Waals surface area contributed by atoms with Crippen molar-refractivity contribution >= 4 is 5.69 Å². The van der Waals surface area contributed by atoms with Gasteiger partial charge in [-0.2, -0.15) is 0 Å².